The summed E-state index contributed by atoms with van der Waals surface area (Å²) in [6.07, 6.45) is 0.613. The van der Waals surface area contributed by atoms with E-state index in [0.717, 1.165) is 29.7 Å². The number of carbonyl (C=O) groups is 3. The quantitative estimate of drug-likeness (QED) is 0.397. The summed E-state index contributed by atoms with van der Waals surface area (Å²) in [6.45, 7) is 6.97. The van der Waals surface area contributed by atoms with Crippen LogP contribution in [0.5, 0.6) is 11.5 Å². The van der Waals surface area contributed by atoms with Crippen LogP contribution >= 0.6 is 0 Å². The number of carboxylic acid groups (broad SMARTS) is 2. The Bertz CT molecular complexity index is 1090. The van der Waals surface area contributed by atoms with Gasteiger partial charge in [-0.2, -0.15) is 0 Å². The molecule has 0 aliphatic heterocycles. The first-order valence-electron chi connectivity index (χ1n) is 12.3. The van der Waals surface area contributed by atoms with Gasteiger partial charge in [-0.05, 0) is 69.9 Å². The van der Waals surface area contributed by atoms with Crippen LogP contribution in [0.4, 0.5) is 4.79 Å². The fraction of sp³-hybridized carbons (Fsp3) is 0.464. The van der Waals surface area contributed by atoms with Gasteiger partial charge in [-0.3, -0.25) is 4.79 Å². The Balaban J connectivity index is 1.51. The molecule has 1 fully saturated rings. The van der Waals surface area contributed by atoms with Gasteiger partial charge < -0.3 is 29.7 Å². The fourth-order valence-electron chi connectivity index (χ4n) is 3.99. The molecule has 9 heteroatoms. The van der Waals surface area contributed by atoms with Gasteiger partial charge in [-0.1, -0.05) is 30.3 Å². The molecular weight excluding hydrogens is 478 g/mol. The molecule has 1 unspecified atom stereocenters. The second-order valence-corrected chi connectivity index (χ2v) is 10.4. The van der Waals surface area contributed by atoms with E-state index in [1.54, 1.807) is 45.0 Å². The first-order valence-corrected chi connectivity index (χ1v) is 12.3. The van der Waals surface area contributed by atoms with E-state index in [1.165, 1.54) is 0 Å². The van der Waals surface area contributed by atoms with Crippen molar-refractivity contribution < 1.29 is 38.8 Å². The third-order valence-electron chi connectivity index (χ3n) is 6.01. The maximum atomic E-state index is 12.0. The van der Waals surface area contributed by atoms with E-state index < -0.39 is 35.6 Å². The number of hydrogen-bond acceptors (Lipinski definition) is 6. The predicted molar refractivity (Wildman–Crippen MR) is 136 cm³/mol. The minimum Gasteiger partial charge on any atom is -0.490 e. The zero-order valence-corrected chi connectivity index (χ0v) is 21.6. The lowest BCUT2D eigenvalue weighted by atomic mass is 9.91. The molecular formula is C28H35NO8. The van der Waals surface area contributed by atoms with Crippen LogP contribution in [0.3, 0.4) is 0 Å². The van der Waals surface area contributed by atoms with Gasteiger partial charge in [0.25, 0.3) is 0 Å². The van der Waals surface area contributed by atoms with Gasteiger partial charge in [0.15, 0.2) is 0 Å². The molecule has 37 heavy (non-hydrogen) atoms. The van der Waals surface area contributed by atoms with Crippen molar-refractivity contribution in [3.63, 3.8) is 0 Å². The first-order chi connectivity index (χ1) is 17.4. The van der Waals surface area contributed by atoms with Crippen molar-refractivity contribution in [1.82, 2.24) is 5.32 Å². The van der Waals surface area contributed by atoms with E-state index in [1.807, 2.05) is 31.2 Å². The largest absolute Gasteiger partial charge is 0.490 e. The Hall–Kier alpha value is -3.75. The molecule has 2 atom stereocenters. The van der Waals surface area contributed by atoms with E-state index in [0.29, 0.717) is 5.75 Å². The lowest BCUT2D eigenvalue weighted by Crippen LogP contribution is -2.45. The molecule has 2 aromatic carbocycles. The van der Waals surface area contributed by atoms with Crippen LogP contribution in [-0.4, -0.2) is 52.1 Å². The van der Waals surface area contributed by atoms with Crippen molar-refractivity contribution >= 4 is 18.0 Å². The zero-order valence-electron chi connectivity index (χ0n) is 21.6. The average Bonchev–Trinajstić information content (AvgIpc) is 2.77. The molecule has 1 amide bonds. The van der Waals surface area contributed by atoms with Crippen molar-refractivity contribution in [2.75, 3.05) is 0 Å². The Kier molecular flexibility index (Phi) is 9.02. The maximum absolute atomic E-state index is 12.0. The van der Waals surface area contributed by atoms with Gasteiger partial charge >= 0.3 is 18.0 Å². The summed E-state index contributed by atoms with van der Waals surface area (Å²) in [5.74, 6) is -1.94. The summed E-state index contributed by atoms with van der Waals surface area (Å²) in [6, 6.07) is 13.6. The number of benzene rings is 2. The molecule has 9 nitrogen and oxygen atoms in total. The number of aryl methyl sites for hydroxylation is 1. The number of carbonyl (C=O) groups excluding carboxylic acids is 1. The summed E-state index contributed by atoms with van der Waals surface area (Å²) in [7, 11) is 0. The smallest absolute Gasteiger partial charge is 0.408 e. The SMILES string of the molecule is Cc1ccccc1O[C@H]1C[C@H](Oc2ccc(CC(C[C@H](NC(=O)OC(C)(C)C)C(=O)O)C(=O)O)cc2)C1. The molecule has 0 aromatic heterocycles. The minimum absolute atomic E-state index is 0.0434. The van der Waals surface area contributed by atoms with Crippen LogP contribution in [0.1, 0.15) is 51.2 Å². The minimum atomic E-state index is -1.40. The third kappa shape index (κ3) is 8.70. The molecule has 1 aliphatic rings. The Morgan fingerprint density at radius 1 is 0.946 bits per heavy atom. The first kappa shape index (κ1) is 27.8. The predicted octanol–water partition coefficient (Wildman–Crippen LogP) is 4.60. The van der Waals surface area contributed by atoms with Gasteiger partial charge in [-0.25, -0.2) is 9.59 Å². The Morgan fingerprint density at radius 2 is 1.57 bits per heavy atom. The van der Waals surface area contributed by atoms with Crippen LogP contribution in [0.15, 0.2) is 48.5 Å². The fourth-order valence-corrected chi connectivity index (χ4v) is 3.99. The van der Waals surface area contributed by atoms with E-state index in [9.17, 15) is 24.6 Å². The molecule has 3 N–H and O–H groups in total. The molecule has 0 radical (unpaired) electrons. The van der Waals surface area contributed by atoms with Crippen molar-refractivity contribution in [2.45, 2.75) is 77.2 Å². The van der Waals surface area contributed by atoms with E-state index in [2.05, 4.69) is 5.32 Å². The molecule has 0 bridgehead atoms. The number of amides is 1. The van der Waals surface area contributed by atoms with Crippen LogP contribution in [0.25, 0.3) is 0 Å². The van der Waals surface area contributed by atoms with Crippen molar-refractivity contribution in [3.05, 3.63) is 59.7 Å². The van der Waals surface area contributed by atoms with Gasteiger partial charge in [0.1, 0.15) is 35.3 Å². The summed E-state index contributed by atoms with van der Waals surface area (Å²) in [5, 5.41) is 21.4. The molecule has 1 aliphatic carbocycles. The Morgan fingerprint density at radius 3 is 2.14 bits per heavy atom. The van der Waals surface area contributed by atoms with Gasteiger partial charge in [0.05, 0.1) is 5.92 Å². The second kappa shape index (κ2) is 12.0. The van der Waals surface area contributed by atoms with Gasteiger partial charge in [0.2, 0.25) is 0 Å². The monoisotopic (exact) mass is 513 g/mol. The number of alkyl carbamates (subject to hydrolysis) is 1. The number of carboxylic acids is 2. The lowest BCUT2D eigenvalue weighted by Gasteiger charge is -2.35. The summed E-state index contributed by atoms with van der Waals surface area (Å²) in [4.78, 5) is 35.5. The Labute approximate surface area is 216 Å². The number of hydrogen-bond donors (Lipinski definition) is 3. The topological polar surface area (TPSA) is 131 Å². The zero-order chi connectivity index (χ0) is 27.2. The van der Waals surface area contributed by atoms with Crippen molar-refractivity contribution in [3.8, 4) is 11.5 Å². The van der Waals surface area contributed by atoms with Gasteiger partial charge in [0, 0.05) is 12.8 Å². The van der Waals surface area contributed by atoms with Crippen LogP contribution in [-0.2, 0) is 20.7 Å². The highest BCUT2D eigenvalue weighted by molar-refractivity contribution is 5.81. The highest BCUT2D eigenvalue weighted by Gasteiger charge is 2.33. The van der Waals surface area contributed by atoms with Crippen LogP contribution in [0.2, 0.25) is 0 Å². The lowest BCUT2D eigenvalue weighted by molar-refractivity contribution is -0.144. The normalized spacial score (nSPS) is 18.6. The van der Waals surface area contributed by atoms with Crippen molar-refractivity contribution in [1.29, 1.82) is 0 Å². The average molecular weight is 514 g/mol. The molecule has 0 spiro atoms. The highest BCUT2D eigenvalue weighted by Crippen LogP contribution is 2.31. The summed E-state index contributed by atoms with van der Waals surface area (Å²) >= 11 is 0. The van der Waals surface area contributed by atoms with E-state index in [4.69, 9.17) is 14.2 Å². The molecule has 200 valence electrons. The summed E-state index contributed by atoms with van der Waals surface area (Å²) < 4.78 is 17.1. The van der Waals surface area contributed by atoms with E-state index >= 15 is 0 Å². The van der Waals surface area contributed by atoms with Crippen molar-refractivity contribution in [2.24, 2.45) is 5.92 Å². The summed E-state index contributed by atoms with van der Waals surface area (Å²) in [5.41, 5.74) is 1.00. The molecule has 0 heterocycles. The number of aliphatic carboxylic acids is 2. The van der Waals surface area contributed by atoms with E-state index in [-0.39, 0.29) is 25.0 Å². The van der Waals surface area contributed by atoms with Crippen LogP contribution in [0, 0.1) is 12.8 Å². The highest BCUT2D eigenvalue weighted by atomic mass is 16.6. The number of nitrogens with one attached hydrogen (secondary N) is 1. The number of ether oxygens (including phenoxy) is 3. The van der Waals surface area contributed by atoms with Gasteiger partial charge in [-0.15, -0.1) is 0 Å². The molecule has 0 saturated heterocycles. The number of rotatable bonds is 11. The standard InChI is InChI=1S/C28H35NO8/c1-17-7-5-6-8-24(17)36-22-15-21(16-22)35-20-11-9-18(10-12-20)13-19(25(30)31)14-23(26(32)33)29-27(34)37-28(2,3)4/h5-12,19,21-23H,13-16H2,1-4H3,(H,29,34)(H,30,31)(H,32,33)/t19?,21-,22-,23-/m0/s1. The van der Waals surface area contributed by atoms with Crippen LogP contribution < -0.4 is 14.8 Å². The molecule has 3 rings (SSSR count). The third-order valence-corrected chi connectivity index (χ3v) is 6.01. The molecule has 2 aromatic rings. The maximum Gasteiger partial charge on any atom is 0.408 e. The number of para-hydroxylation sites is 1. The molecule has 1 saturated carbocycles. The second-order valence-electron chi connectivity index (χ2n) is 10.4.